The monoisotopic (exact) mass is 384 g/mol. The molecule has 2 aromatic carbocycles. The number of carbonyl (C=O) groups excluding carboxylic acids is 1. The third-order valence-electron chi connectivity index (χ3n) is 4.71. The minimum atomic E-state index is -0.278. The Balaban J connectivity index is 1.65. The lowest BCUT2D eigenvalue weighted by molar-refractivity contribution is -0.116. The summed E-state index contributed by atoms with van der Waals surface area (Å²) in [5, 5.41) is 2.93. The number of ether oxygens (including phenoxy) is 2. The van der Waals surface area contributed by atoms with Gasteiger partial charge in [-0.25, -0.2) is 4.39 Å². The van der Waals surface area contributed by atoms with Crippen LogP contribution in [0, 0.1) is 5.82 Å². The van der Waals surface area contributed by atoms with Crippen molar-refractivity contribution >= 4 is 12.0 Å². The third-order valence-corrected chi connectivity index (χ3v) is 4.71. The standard InChI is InChI=1S/C22H25FN2O3/c1-27-20-7-2-4-17(14-20)8-9-22(26)24-16-21(25-10-12-28-13-11-25)18-5-3-6-19(23)15-18/h2-9,14-15,21H,10-13,16H2,1H3,(H,24,26)/b9-8+. The first-order chi connectivity index (χ1) is 13.7. The molecule has 0 radical (unpaired) electrons. The Kier molecular flexibility index (Phi) is 7.17. The van der Waals surface area contributed by atoms with Crippen molar-refractivity contribution in [3.05, 3.63) is 71.6 Å². The number of methoxy groups -OCH3 is 1. The van der Waals surface area contributed by atoms with E-state index < -0.39 is 0 Å². The second kappa shape index (κ2) is 10.0. The van der Waals surface area contributed by atoms with E-state index in [1.807, 2.05) is 30.3 Å². The van der Waals surface area contributed by atoms with E-state index in [2.05, 4.69) is 10.2 Å². The van der Waals surface area contributed by atoms with Crippen molar-refractivity contribution in [2.45, 2.75) is 6.04 Å². The Morgan fingerprint density at radius 2 is 2.04 bits per heavy atom. The average Bonchev–Trinajstić information content (AvgIpc) is 2.73. The molecule has 1 heterocycles. The van der Waals surface area contributed by atoms with E-state index in [1.54, 1.807) is 19.3 Å². The minimum absolute atomic E-state index is 0.103. The van der Waals surface area contributed by atoms with Gasteiger partial charge in [0.1, 0.15) is 11.6 Å². The Bertz CT molecular complexity index is 819. The predicted molar refractivity (Wildman–Crippen MR) is 107 cm³/mol. The Morgan fingerprint density at radius 3 is 2.79 bits per heavy atom. The van der Waals surface area contributed by atoms with Crippen molar-refractivity contribution in [3.8, 4) is 5.75 Å². The van der Waals surface area contributed by atoms with Gasteiger partial charge in [-0.2, -0.15) is 0 Å². The number of nitrogens with zero attached hydrogens (tertiary/aromatic N) is 1. The van der Waals surface area contributed by atoms with Crippen LogP contribution < -0.4 is 10.1 Å². The van der Waals surface area contributed by atoms with E-state index >= 15 is 0 Å². The van der Waals surface area contributed by atoms with Gasteiger partial charge in [0, 0.05) is 25.7 Å². The molecule has 1 fully saturated rings. The zero-order valence-corrected chi connectivity index (χ0v) is 15.9. The molecule has 0 spiro atoms. The molecular formula is C22H25FN2O3. The molecule has 0 saturated carbocycles. The summed E-state index contributed by atoms with van der Waals surface area (Å²) >= 11 is 0. The normalized spacial score (nSPS) is 16.1. The summed E-state index contributed by atoms with van der Waals surface area (Å²) in [5.41, 5.74) is 1.73. The maximum absolute atomic E-state index is 13.7. The van der Waals surface area contributed by atoms with E-state index in [0.717, 1.165) is 30.0 Å². The van der Waals surface area contributed by atoms with Gasteiger partial charge in [0.2, 0.25) is 5.91 Å². The molecule has 1 atom stereocenters. The van der Waals surface area contributed by atoms with Crippen molar-refractivity contribution in [3.63, 3.8) is 0 Å². The highest BCUT2D eigenvalue weighted by molar-refractivity contribution is 5.91. The maximum Gasteiger partial charge on any atom is 0.244 e. The zero-order valence-electron chi connectivity index (χ0n) is 15.9. The van der Waals surface area contributed by atoms with Gasteiger partial charge in [-0.3, -0.25) is 9.69 Å². The lowest BCUT2D eigenvalue weighted by atomic mass is 10.0. The van der Waals surface area contributed by atoms with Gasteiger partial charge in [0.05, 0.1) is 26.4 Å². The van der Waals surface area contributed by atoms with Crippen LogP contribution in [0.25, 0.3) is 6.08 Å². The molecule has 1 N–H and O–H groups in total. The fourth-order valence-corrected chi connectivity index (χ4v) is 3.23. The molecule has 1 saturated heterocycles. The summed E-state index contributed by atoms with van der Waals surface area (Å²) < 4.78 is 24.3. The molecule has 0 aliphatic carbocycles. The quantitative estimate of drug-likeness (QED) is 0.746. The molecule has 2 aromatic rings. The van der Waals surface area contributed by atoms with Crippen LogP contribution in [-0.4, -0.2) is 50.8 Å². The number of amides is 1. The van der Waals surface area contributed by atoms with Gasteiger partial charge in [0.15, 0.2) is 0 Å². The van der Waals surface area contributed by atoms with E-state index in [-0.39, 0.29) is 17.8 Å². The summed E-state index contributed by atoms with van der Waals surface area (Å²) in [6.07, 6.45) is 3.24. The van der Waals surface area contributed by atoms with Crippen LogP contribution in [0.2, 0.25) is 0 Å². The van der Waals surface area contributed by atoms with Gasteiger partial charge in [-0.05, 0) is 41.5 Å². The molecule has 0 aromatic heterocycles. The largest absolute Gasteiger partial charge is 0.497 e. The Hall–Kier alpha value is -2.70. The van der Waals surface area contributed by atoms with Gasteiger partial charge >= 0.3 is 0 Å². The van der Waals surface area contributed by atoms with Crippen LogP contribution in [0.5, 0.6) is 5.75 Å². The van der Waals surface area contributed by atoms with Crippen LogP contribution in [-0.2, 0) is 9.53 Å². The number of benzene rings is 2. The number of nitrogens with one attached hydrogen (secondary N) is 1. The molecule has 6 heteroatoms. The molecule has 1 aliphatic heterocycles. The number of rotatable bonds is 7. The minimum Gasteiger partial charge on any atom is -0.497 e. The summed E-state index contributed by atoms with van der Waals surface area (Å²) in [6.45, 7) is 3.16. The molecule has 1 amide bonds. The van der Waals surface area contributed by atoms with Crippen LogP contribution in [0.4, 0.5) is 4.39 Å². The molecule has 5 nitrogen and oxygen atoms in total. The highest BCUT2D eigenvalue weighted by Gasteiger charge is 2.23. The number of morpholine rings is 1. The summed E-state index contributed by atoms with van der Waals surface area (Å²) in [6, 6.07) is 13.9. The Labute approximate surface area is 164 Å². The summed E-state index contributed by atoms with van der Waals surface area (Å²) in [4.78, 5) is 14.5. The van der Waals surface area contributed by atoms with Gasteiger partial charge in [0.25, 0.3) is 0 Å². The third kappa shape index (κ3) is 5.65. The van der Waals surface area contributed by atoms with Crippen molar-refractivity contribution in [2.75, 3.05) is 40.0 Å². The van der Waals surface area contributed by atoms with E-state index in [1.165, 1.54) is 18.2 Å². The van der Waals surface area contributed by atoms with Crippen molar-refractivity contribution in [1.82, 2.24) is 10.2 Å². The van der Waals surface area contributed by atoms with Crippen molar-refractivity contribution < 1.29 is 18.7 Å². The molecule has 3 rings (SSSR count). The SMILES string of the molecule is COc1cccc(/C=C/C(=O)NCC(c2cccc(F)c2)N2CCOCC2)c1. The molecule has 1 unspecified atom stereocenters. The maximum atomic E-state index is 13.7. The topological polar surface area (TPSA) is 50.8 Å². The average molecular weight is 384 g/mol. The highest BCUT2D eigenvalue weighted by atomic mass is 19.1. The van der Waals surface area contributed by atoms with Crippen LogP contribution in [0.3, 0.4) is 0 Å². The highest BCUT2D eigenvalue weighted by Crippen LogP contribution is 2.22. The first-order valence-electron chi connectivity index (χ1n) is 9.33. The molecule has 1 aliphatic rings. The number of carbonyl (C=O) groups is 1. The number of hydrogen-bond donors (Lipinski definition) is 1. The fraction of sp³-hybridized carbons (Fsp3) is 0.318. The van der Waals surface area contributed by atoms with E-state index in [9.17, 15) is 9.18 Å². The molecule has 28 heavy (non-hydrogen) atoms. The molecular weight excluding hydrogens is 359 g/mol. The Morgan fingerprint density at radius 1 is 1.25 bits per heavy atom. The van der Waals surface area contributed by atoms with Crippen LogP contribution >= 0.6 is 0 Å². The molecule has 0 bridgehead atoms. The van der Waals surface area contributed by atoms with Crippen LogP contribution in [0.1, 0.15) is 17.2 Å². The second-order valence-corrected chi connectivity index (χ2v) is 6.57. The number of halogens is 1. The lowest BCUT2D eigenvalue weighted by Crippen LogP contribution is -2.43. The van der Waals surface area contributed by atoms with Gasteiger partial charge in [-0.15, -0.1) is 0 Å². The zero-order chi connectivity index (χ0) is 19.8. The van der Waals surface area contributed by atoms with Crippen LogP contribution in [0.15, 0.2) is 54.6 Å². The van der Waals surface area contributed by atoms with E-state index in [4.69, 9.17) is 9.47 Å². The summed E-state index contributed by atoms with van der Waals surface area (Å²) in [5.74, 6) is 0.263. The lowest BCUT2D eigenvalue weighted by Gasteiger charge is -2.34. The predicted octanol–water partition coefficient (Wildman–Crippen LogP) is 3.04. The first kappa shape index (κ1) is 20.0. The van der Waals surface area contributed by atoms with Crippen molar-refractivity contribution in [2.24, 2.45) is 0 Å². The second-order valence-electron chi connectivity index (χ2n) is 6.57. The van der Waals surface area contributed by atoms with Gasteiger partial charge in [-0.1, -0.05) is 24.3 Å². The fourth-order valence-electron chi connectivity index (χ4n) is 3.23. The van der Waals surface area contributed by atoms with Crippen molar-refractivity contribution in [1.29, 1.82) is 0 Å². The number of hydrogen-bond acceptors (Lipinski definition) is 4. The summed E-state index contributed by atoms with van der Waals surface area (Å²) in [7, 11) is 1.60. The van der Waals surface area contributed by atoms with E-state index in [0.29, 0.717) is 19.8 Å². The van der Waals surface area contributed by atoms with Gasteiger partial charge < -0.3 is 14.8 Å². The first-order valence-corrected chi connectivity index (χ1v) is 9.33. The molecule has 148 valence electrons. The smallest absolute Gasteiger partial charge is 0.244 e.